The number of benzene rings is 1. The van der Waals surface area contributed by atoms with Crippen molar-refractivity contribution in [3.05, 3.63) is 35.6 Å². The number of fused-ring (bicyclic) bond motifs is 1. The van der Waals surface area contributed by atoms with Crippen LogP contribution in [0.25, 0.3) is 11.0 Å². The molecule has 1 amide bonds. The van der Waals surface area contributed by atoms with Gasteiger partial charge in [0.25, 0.3) is 5.91 Å². The van der Waals surface area contributed by atoms with Crippen molar-refractivity contribution in [2.75, 3.05) is 25.4 Å². The number of para-hydroxylation sites is 1. The lowest BCUT2D eigenvalue weighted by atomic mass is 10.1. The van der Waals surface area contributed by atoms with Gasteiger partial charge in [0.1, 0.15) is 11.3 Å². The second-order valence-corrected chi connectivity index (χ2v) is 7.85. The molecule has 0 saturated carbocycles. The van der Waals surface area contributed by atoms with Gasteiger partial charge in [-0.3, -0.25) is 4.79 Å². The number of hydrogen-bond donors (Lipinski definition) is 1. The summed E-state index contributed by atoms with van der Waals surface area (Å²) in [4.78, 5) is 12.3. The molecule has 0 spiro atoms. The van der Waals surface area contributed by atoms with Crippen LogP contribution in [-0.2, 0) is 10.0 Å². The van der Waals surface area contributed by atoms with Crippen molar-refractivity contribution in [3.8, 4) is 0 Å². The highest BCUT2D eigenvalue weighted by atomic mass is 32.2. The normalized spacial score (nSPS) is 16.0. The van der Waals surface area contributed by atoms with E-state index in [1.54, 1.807) is 12.1 Å². The van der Waals surface area contributed by atoms with Gasteiger partial charge in [-0.05, 0) is 31.9 Å². The molecule has 23 heavy (non-hydrogen) atoms. The van der Waals surface area contributed by atoms with Crippen LogP contribution in [0.4, 0.5) is 0 Å². The van der Waals surface area contributed by atoms with Gasteiger partial charge in [0.05, 0.1) is 11.3 Å². The van der Waals surface area contributed by atoms with Gasteiger partial charge in [0.2, 0.25) is 10.0 Å². The van der Waals surface area contributed by atoms with E-state index in [-0.39, 0.29) is 18.2 Å². The summed E-state index contributed by atoms with van der Waals surface area (Å²) in [6, 6.07) is 7.20. The number of aryl methyl sites for hydroxylation is 1. The minimum atomic E-state index is -3.28. The first-order valence-electron chi connectivity index (χ1n) is 7.72. The van der Waals surface area contributed by atoms with Crippen molar-refractivity contribution in [3.63, 3.8) is 0 Å². The summed E-state index contributed by atoms with van der Waals surface area (Å²) >= 11 is 0. The van der Waals surface area contributed by atoms with E-state index in [4.69, 9.17) is 4.42 Å². The van der Waals surface area contributed by atoms with Crippen molar-refractivity contribution in [1.82, 2.24) is 9.62 Å². The zero-order valence-corrected chi connectivity index (χ0v) is 13.9. The van der Waals surface area contributed by atoms with Gasteiger partial charge < -0.3 is 9.73 Å². The molecule has 0 bridgehead atoms. The van der Waals surface area contributed by atoms with Gasteiger partial charge in [0, 0.05) is 25.0 Å². The lowest BCUT2D eigenvalue weighted by molar-refractivity contribution is 0.0956. The molecule has 0 radical (unpaired) electrons. The molecule has 3 rings (SSSR count). The second kappa shape index (κ2) is 6.33. The van der Waals surface area contributed by atoms with Gasteiger partial charge in [0.15, 0.2) is 0 Å². The summed E-state index contributed by atoms with van der Waals surface area (Å²) in [6.45, 7) is 3.08. The third kappa shape index (κ3) is 3.40. The Bertz CT molecular complexity index is 820. The highest BCUT2D eigenvalue weighted by Crippen LogP contribution is 2.22. The summed E-state index contributed by atoms with van der Waals surface area (Å²) < 4.78 is 31.3. The Morgan fingerprint density at radius 3 is 2.78 bits per heavy atom. The molecule has 0 aliphatic carbocycles. The SMILES string of the molecule is Cc1cc2cccc(C(=O)NCCS(=O)(=O)N3CCCC3)c2o1. The highest BCUT2D eigenvalue weighted by molar-refractivity contribution is 7.89. The van der Waals surface area contributed by atoms with Crippen LogP contribution in [0.5, 0.6) is 0 Å². The zero-order valence-electron chi connectivity index (χ0n) is 13.0. The fraction of sp³-hybridized carbons (Fsp3) is 0.438. The van der Waals surface area contributed by atoms with Gasteiger partial charge in [-0.25, -0.2) is 12.7 Å². The van der Waals surface area contributed by atoms with E-state index < -0.39 is 10.0 Å². The number of nitrogens with zero attached hydrogens (tertiary/aromatic N) is 1. The summed E-state index contributed by atoms with van der Waals surface area (Å²) in [5, 5.41) is 3.54. The Hall–Kier alpha value is -1.86. The number of rotatable bonds is 5. The second-order valence-electron chi connectivity index (χ2n) is 5.76. The Morgan fingerprint density at radius 1 is 1.30 bits per heavy atom. The number of carbonyl (C=O) groups is 1. The maximum absolute atomic E-state index is 12.3. The fourth-order valence-electron chi connectivity index (χ4n) is 2.85. The van der Waals surface area contributed by atoms with E-state index in [2.05, 4.69) is 5.32 Å². The van der Waals surface area contributed by atoms with Crippen LogP contribution in [0.1, 0.15) is 29.0 Å². The van der Waals surface area contributed by atoms with Crippen molar-refractivity contribution >= 4 is 26.9 Å². The van der Waals surface area contributed by atoms with Crippen LogP contribution in [0, 0.1) is 6.92 Å². The molecule has 2 aromatic rings. The maximum Gasteiger partial charge on any atom is 0.255 e. The third-order valence-corrected chi connectivity index (χ3v) is 5.89. The molecule has 124 valence electrons. The monoisotopic (exact) mass is 336 g/mol. The Morgan fingerprint density at radius 2 is 2.04 bits per heavy atom. The summed E-state index contributed by atoms with van der Waals surface area (Å²) in [6.07, 6.45) is 1.82. The predicted octanol–water partition coefficient (Wildman–Crippen LogP) is 1.90. The van der Waals surface area contributed by atoms with Crippen LogP contribution in [0.3, 0.4) is 0 Å². The largest absolute Gasteiger partial charge is 0.461 e. The summed E-state index contributed by atoms with van der Waals surface area (Å²) in [5.74, 6) is 0.338. The topological polar surface area (TPSA) is 79.6 Å². The molecule has 1 saturated heterocycles. The van der Waals surface area contributed by atoms with E-state index in [0.717, 1.165) is 24.0 Å². The first-order valence-corrected chi connectivity index (χ1v) is 9.33. The van der Waals surface area contributed by atoms with E-state index in [9.17, 15) is 13.2 Å². The molecule has 2 heterocycles. The molecule has 1 aliphatic heterocycles. The van der Waals surface area contributed by atoms with Gasteiger partial charge in [-0.1, -0.05) is 12.1 Å². The fourth-order valence-corrected chi connectivity index (χ4v) is 4.29. The Kier molecular flexibility index (Phi) is 4.41. The smallest absolute Gasteiger partial charge is 0.255 e. The van der Waals surface area contributed by atoms with Crippen LogP contribution in [0.15, 0.2) is 28.7 Å². The first-order chi connectivity index (χ1) is 11.0. The Labute approximate surface area is 135 Å². The van der Waals surface area contributed by atoms with Crippen LogP contribution in [0.2, 0.25) is 0 Å². The number of hydrogen-bond acceptors (Lipinski definition) is 4. The predicted molar refractivity (Wildman–Crippen MR) is 87.9 cm³/mol. The minimum Gasteiger partial charge on any atom is -0.461 e. The average Bonchev–Trinajstić information content (AvgIpc) is 3.14. The van der Waals surface area contributed by atoms with Gasteiger partial charge in [-0.15, -0.1) is 0 Å². The van der Waals surface area contributed by atoms with Crippen molar-refractivity contribution in [2.24, 2.45) is 0 Å². The van der Waals surface area contributed by atoms with E-state index in [0.29, 0.717) is 24.2 Å². The maximum atomic E-state index is 12.3. The molecule has 1 aromatic carbocycles. The number of carbonyl (C=O) groups excluding carboxylic acids is 1. The number of sulfonamides is 1. The lowest BCUT2D eigenvalue weighted by Gasteiger charge is -2.15. The van der Waals surface area contributed by atoms with Crippen molar-refractivity contribution in [2.45, 2.75) is 19.8 Å². The van der Waals surface area contributed by atoms with Crippen LogP contribution >= 0.6 is 0 Å². The quantitative estimate of drug-likeness (QED) is 0.904. The Balaban J connectivity index is 1.65. The molecular formula is C16H20N2O4S. The molecule has 1 aliphatic rings. The molecule has 0 atom stereocenters. The first kappa shape index (κ1) is 16.0. The third-order valence-electron chi connectivity index (χ3n) is 4.02. The zero-order chi connectivity index (χ0) is 16.4. The number of amides is 1. The van der Waals surface area contributed by atoms with Gasteiger partial charge >= 0.3 is 0 Å². The van der Waals surface area contributed by atoms with Crippen molar-refractivity contribution < 1.29 is 17.6 Å². The van der Waals surface area contributed by atoms with Crippen molar-refractivity contribution in [1.29, 1.82) is 0 Å². The average molecular weight is 336 g/mol. The molecular weight excluding hydrogens is 316 g/mol. The summed E-state index contributed by atoms with van der Waals surface area (Å²) in [7, 11) is -3.28. The summed E-state index contributed by atoms with van der Waals surface area (Å²) in [5.41, 5.74) is 0.957. The molecule has 1 aromatic heterocycles. The molecule has 0 unspecified atom stereocenters. The number of furan rings is 1. The molecule has 6 nitrogen and oxygen atoms in total. The molecule has 1 fully saturated rings. The van der Waals surface area contributed by atoms with Crippen LogP contribution < -0.4 is 5.32 Å². The molecule has 7 heteroatoms. The van der Waals surface area contributed by atoms with Crippen LogP contribution in [-0.4, -0.2) is 44.0 Å². The van der Waals surface area contributed by atoms with E-state index in [1.807, 2.05) is 19.1 Å². The number of nitrogens with one attached hydrogen (secondary N) is 1. The highest BCUT2D eigenvalue weighted by Gasteiger charge is 2.25. The minimum absolute atomic E-state index is 0.0775. The molecule has 1 N–H and O–H groups in total. The standard InChI is InChI=1S/C16H20N2O4S/c1-12-11-13-5-4-6-14(15(13)22-12)16(19)17-7-10-23(20,21)18-8-2-3-9-18/h4-6,11H,2-3,7-10H2,1H3,(H,17,19). The van der Waals surface area contributed by atoms with E-state index >= 15 is 0 Å². The lowest BCUT2D eigenvalue weighted by Crippen LogP contribution is -2.36. The van der Waals surface area contributed by atoms with Gasteiger partial charge in [-0.2, -0.15) is 0 Å². The van der Waals surface area contributed by atoms with E-state index in [1.165, 1.54) is 4.31 Å².